The van der Waals surface area contributed by atoms with Gasteiger partial charge < -0.3 is 10.5 Å². The first-order valence-corrected chi connectivity index (χ1v) is 5.93. The Bertz CT molecular complexity index is 659. The van der Waals surface area contributed by atoms with Crippen LogP contribution in [-0.4, -0.2) is 4.92 Å². The van der Waals surface area contributed by atoms with Crippen LogP contribution >= 0.6 is 0 Å². The quantitative estimate of drug-likeness (QED) is 0.686. The number of hydrogen-bond donors (Lipinski definition) is 1. The number of ether oxygens (including phenoxy) is 1. The van der Waals surface area contributed by atoms with E-state index in [4.69, 9.17) is 10.5 Å². The molecule has 0 heterocycles. The van der Waals surface area contributed by atoms with Crippen molar-refractivity contribution < 1.29 is 14.1 Å². The summed E-state index contributed by atoms with van der Waals surface area (Å²) in [6.07, 6.45) is 0. The van der Waals surface area contributed by atoms with Gasteiger partial charge in [-0.3, -0.25) is 10.1 Å². The molecule has 104 valence electrons. The fraction of sp³-hybridized carbons (Fsp3) is 0.143. The highest BCUT2D eigenvalue weighted by Gasteiger charge is 2.20. The Balaban J connectivity index is 2.39. The Labute approximate surface area is 114 Å². The lowest BCUT2D eigenvalue weighted by atomic mass is 10.1. The molecule has 0 unspecified atom stereocenters. The Morgan fingerprint density at radius 1 is 1.35 bits per heavy atom. The zero-order valence-electron chi connectivity index (χ0n) is 10.8. The number of benzene rings is 2. The Morgan fingerprint density at radius 2 is 2.10 bits per heavy atom. The molecule has 0 aliphatic rings. The lowest BCUT2D eigenvalue weighted by Crippen LogP contribution is -2.00. The highest BCUT2D eigenvalue weighted by atomic mass is 19.1. The van der Waals surface area contributed by atoms with Crippen LogP contribution in [0.2, 0.25) is 0 Å². The van der Waals surface area contributed by atoms with E-state index in [1.165, 1.54) is 12.1 Å². The second kappa shape index (κ2) is 5.66. The van der Waals surface area contributed by atoms with Gasteiger partial charge >= 0.3 is 5.69 Å². The fourth-order valence-corrected chi connectivity index (χ4v) is 1.82. The van der Waals surface area contributed by atoms with Crippen molar-refractivity contribution >= 4 is 5.69 Å². The topological polar surface area (TPSA) is 78.4 Å². The number of para-hydroxylation sites is 1. The predicted octanol–water partition coefficient (Wildman–Crippen LogP) is 3.29. The minimum atomic E-state index is -0.778. The van der Waals surface area contributed by atoms with Crippen LogP contribution in [0.15, 0.2) is 36.4 Å². The number of hydrogen-bond acceptors (Lipinski definition) is 4. The molecule has 0 saturated carbocycles. The summed E-state index contributed by atoms with van der Waals surface area (Å²) in [4.78, 5) is 10.2. The van der Waals surface area contributed by atoms with Crippen molar-refractivity contribution in [1.29, 1.82) is 0 Å². The Hall–Kier alpha value is -2.47. The minimum absolute atomic E-state index is 0.327. The summed E-state index contributed by atoms with van der Waals surface area (Å²) in [6.45, 7) is 2.22. The summed E-state index contributed by atoms with van der Waals surface area (Å²) >= 11 is 0. The number of aryl methyl sites for hydroxylation is 1. The van der Waals surface area contributed by atoms with E-state index >= 15 is 0 Å². The second-order valence-corrected chi connectivity index (χ2v) is 4.24. The number of halogens is 1. The molecular weight excluding hydrogens is 263 g/mol. The van der Waals surface area contributed by atoms with Crippen LogP contribution in [-0.2, 0) is 6.54 Å². The molecule has 5 nitrogen and oxygen atoms in total. The lowest BCUT2D eigenvalue weighted by molar-refractivity contribution is -0.385. The second-order valence-electron chi connectivity index (χ2n) is 4.24. The maximum Gasteiger partial charge on any atom is 0.314 e. The predicted molar refractivity (Wildman–Crippen MR) is 72.2 cm³/mol. The van der Waals surface area contributed by atoms with E-state index in [0.717, 1.165) is 17.2 Å². The minimum Gasteiger partial charge on any atom is -0.447 e. The molecule has 6 heteroatoms. The van der Waals surface area contributed by atoms with E-state index in [2.05, 4.69) is 0 Å². The van der Waals surface area contributed by atoms with Gasteiger partial charge in [0.15, 0.2) is 5.82 Å². The third-order valence-electron chi connectivity index (χ3n) is 2.90. The van der Waals surface area contributed by atoms with Crippen LogP contribution in [0.3, 0.4) is 0 Å². The van der Waals surface area contributed by atoms with Crippen LogP contribution in [0.4, 0.5) is 10.1 Å². The molecule has 0 aromatic heterocycles. The third-order valence-corrected chi connectivity index (χ3v) is 2.90. The first-order chi connectivity index (χ1) is 9.52. The van der Waals surface area contributed by atoms with E-state index < -0.39 is 22.2 Å². The van der Waals surface area contributed by atoms with Crippen molar-refractivity contribution in [2.45, 2.75) is 13.5 Å². The van der Waals surface area contributed by atoms with Gasteiger partial charge in [0.05, 0.1) is 4.92 Å². The summed E-state index contributed by atoms with van der Waals surface area (Å²) in [5.41, 5.74) is 6.95. The number of nitrogens with zero attached hydrogens (tertiary/aromatic N) is 1. The molecule has 2 N–H and O–H groups in total. The largest absolute Gasteiger partial charge is 0.447 e. The summed E-state index contributed by atoms with van der Waals surface area (Å²) in [5, 5.41) is 10.9. The molecule has 0 saturated heterocycles. The normalized spacial score (nSPS) is 10.3. The maximum absolute atomic E-state index is 13.7. The van der Waals surface area contributed by atoms with Crippen molar-refractivity contribution in [3.8, 4) is 11.5 Å². The first-order valence-electron chi connectivity index (χ1n) is 5.93. The zero-order chi connectivity index (χ0) is 14.7. The number of rotatable bonds is 4. The molecular formula is C14H13FN2O3. The molecule has 0 spiro atoms. The summed E-state index contributed by atoms with van der Waals surface area (Å²) in [6, 6.07) is 8.59. The van der Waals surface area contributed by atoms with Crippen molar-refractivity contribution in [3.05, 3.63) is 63.5 Å². The van der Waals surface area contributed by atoms with Gasteiger partial charge in [0, 0.05) is 12.6 Å². The van der Waals surface area contributed by atoms with E-state index in [1.54, 1.807) is 18.2 Å². The monoisotopic (exact) mass is 276 g/mol. The maximum atomic E-state index is 13.7. The molecule has 0 bridgehead atoms. The Morgan fingerprint density at radius 3 is 2.70 bits per heavy atom. The van der Waals surface area contributed by atoms with Gasteiger partial charge in [-0.2, -0.15) is 0 Å². The van der Waals surface area contributed by atoms with Crippen LogP contribution < -0.4 is 10.5 Å². The molecule has 0 atom stereocenters. The molecule has 0 aliphatic carbocycles. The highest BCUT2D eigenvalue weighted by Crippen LogP contribution is 2.34. The molecule has 2 aromatic rings. The average molecular weight is 276 g/mol. The summed E-state index contributed by atoms with van der Waals surface area (Å²) in [7, 11) is 0. The molecule has 20 heavy (non-hydrogen) atoms. The van der Waals surface area contributed by atoms with Crippen LogP contribution in [0, 0.1) is 22.9 Å². The van der Waals surface area contributed by atoms with Gasteiger partial charge in [-0.05, 0) is 36.2 Å². The van der Waals surface area contributed by atoms with Crippen LogP contribution in [0.5, 0.6) is 11.5 Å². The lowest BCUT2D eigenvalue weighted by Gasteiger charge is -2.09. The van der Waals surface area contributed by atoms with Gasteiger partial charge in [-0.1, -0.05) is 12.1 Å². The van der Waals surface area contributed by atoms with Crippen molar-refractivity contribution in [2.75, 3.05) is 0 Å². The van der Waals surface area contributed by atoms with E-state index in [0.29, 0.717) is 12.3 Å². The van der Waals surface area contributed by atoms with E-state index in [9.17, 15) is 14.5 Å². The first kappa shape index (κ1) is 14.0. The van der Waals surface area contributed by atoms with Crippen molar-refractivity contribution in [3.63, 3.8) is 0 Å². The zero-order valence-corrected chi connectivity index (χ0v) is 10.8. The van der Waals surface area contributed by atoms with Crippen molar-refractivity contribution in [2.24, 2.45) is 5.73 Å². The molecule has 2 rings (SSSR count). The highest BCUT2D eigenvalue weighted by molar-refractivity contribution is 5.49. The average Bonchev–Trinajstić information content (AvgIpc) is 2.41. The number of nitro groups is 1. The molecule has 0 fully saturated rings. The third kappa shape index (κ3) is 2.75. The van der Waals surface area contributed by atoms with E-state index in [-0.39, 0.29) is 0 Å². The molecule has 0 amide bonds. The number of nitro benzene ring substituents is 1. The fourth-order valence-electron chi connectivity index (χ4n) is 1.82. The standard InChI is InChI=1S/C14H13FN2O3/c1-9-7-11(6-5-10(9)8-16)20-14-12(15)3-2-4-13(14)17(18)19/h2-7H,8,16H2,1H3. The van der Waals surface area contributed by atoms with E-state index in [1.807, 2.05) is 6.92 Å². The van der Waals surface area contributed by atoms with Gasteiger partial charge in [-0.25, -0.2) is 4.39 Å². The SMILES string of the molecule is Cc1cc(Oc2c(F)cccc2[N+](=O)[O-])ccc1CN. The molecule has 0 aliphatic heterocycles. The molecule has 2 aromatic carbocycles. The number of nitrogens with two attached hydrogens (primary N) is 1. The van der Waals surface area contributed by atoms with Gasteiger partial charge in [0.2, 0.25) is 5.75 Å². The summed E-state index contributed by atoms with van der Waals surface area (Å²) < 4.78 is 19.0. The van der Waals surface area contributed by atoms with Crippen LogP contribution in [0.25, 0.3) is 0 Å². The molecule has 0 radical (unpaired) electrons. The van der Waals surface area contributed by atoms with Gasteiger partial charge in [0.1, 0.15) is 5.75 Å². The van der Waals surface area contributed by atoms with Crippen molar-refractivity contribution in [1.82, 2.24) is 0 Å². The Kier molecular flexibility index (Phi) is 3.95. The summed E-state index contributed by atoms with van der Waals surface area (Å²) in [5.74, 6) is -0.843. The van der Waals surface area contributed by atoms with Gasteiger partial charge in [-0.15, -0.1) is 0 Å². The van der Waals surface area contributed by atoms with Crippen LogP contribution in [0.1, 0.15) is 11.1 Å². The van der Waals surface area contributed by atoms with Gasteiger partial charge in [0.25, 0.3) is 0 Å². The smallest absolute Gasteiger partial charge is 0.314 e.